The van der Waals surface area contributed by atoms with Gasteiger partial charge in [-0.1, -0.05) is 46.5 Å². The summed E-state index contributed by atoms with van der Waals surface area (Å²) in [6.45, 7) is 6.70. The molecule has 1 nitrogen and oxygen atoms in total. The molecule has 16 heavy (non-hydrogen) atoms. The first-order valence-electron chi connectivity index (χ1n) is 7.22. The maximum absolute atomic E-state index is 12.4. The average molecular weight is 224 g/mol. The zero-order valence-electron chi connectivity index (χ0n) is 11.3. The molecule has 1 aliphatic carbocycles. The van der Waals surface area contributed by atoms with E-state index in [9.17, 15) is 4.79 Å². The van der Waals surface area contributed by atoms with Crippen LogP contribution in [-0.2, 0) is 4.79 Å². The zero-order valence-corrected chi connectivity index (χ0v) is 11.3. The van der Waals surface area contributed by atoms with Gasteiger partial charge in [-0.25, -0.2) is 0 Å². The molecule has 1 rings (SSSR count). The molecule has 0 aliphatic heterocycles. The van der Waals surface area contributed by atoms with Gasteiger partial charge in [0.25, 0.3) is 0 Å². The van der Waals surface area contributed by atoms with Gasteiger partial charge in [0.1, 0.15) is 5.78 Å². The van der Waals surface area contributed by atoms with Gasteiger partial charge >= 0.3 is 0 Å². The molecule has 1 aliphatic rings. The Balaban J connectivity index is 2.46. The van der Waals surface area contributed by atoms with E-state index in [-0.39, 0.29) is 0 Å². The molecule has 0 amide bonds. The Morgan fingerprint density at radius 2 is 1.56 bits per heavy atom. The maximum Gasteiger partial charge on any atom is 0.139 e. The number of carbonyl (C=O) groups is 1. The fourth-order valence-electron chi connectivity index (χ4n) is 3.00. The number of hydrogen-bond acceptors (Lipinski definition) is 1. The van der Waals surface area contributed by atoms with E-state index in [2.05, 4.69) is 20.8 Å². The van der Waals surface area contributed by atoms with Crippen molar-refractivity contribution in [1.29, 1.82) is 0 Å². The lowest BCUT2D eigenvalue weighted by atomic mass is 9.76. The molecule has 1 saturated carbocycles. The zero-order chi connectivity index (χ0) is 12.0. The van der Waals surface area contributed by atoms with Gasteiger partial charge in [0, 0.05) is 11.8 Å². The molecule has 0 spiro atoms. The second-order valence-corrected chi connectivity index (χ2v) is 5.63. The average Bonchev–Trinajstić information content (AvgIpc) is 2.29. The summed E-state index contributed by atoms with van der Waals surface area (Å²) >= 11 is 0. The van der Waals surface area contributed by atoms with E-state index in [0.29, 0.717) is 17.6 Å². The lowest BCUT2D eigenvalue weighted by Crippen LogP contribution is -2.27. The predicted octanol–water partition coefficient (Wildman–Crippen LogP) is 4.60. The van der Waals surface area contributed by atoms with Gasteiger partial charge in [0.05, 0.1) is 0 Å². The monoisotopic (exact) mass is 224 g/mol. The molecule has 1 heteroatoms. The van der Waals surface area contributed by atoms with Crippen molar-refractivity contribution in [3.05, 3.63) is 0 Å². The molecule has 1 fully saturated rings. The van der Waals surface area contributed by atoms with Crippen LogP contribution in [0.3, 0.4) is 0 Å². The van der Waals surface area contributed by atoms with E-state index in [0.717, 1.165) is 44.4 Å². The molecular weight excluding hydrogens is 196 g/mol. The van der Waals surface area contributed by atoms with Crippen LogP contribution in [0.2, 0.25) is 0 Å². The summed E-state index contributed by atoms with van der Waals surface area (Å²) in [4.78, 5) is 12.4. The van der Waals surface area contributed by atoms with Gasteiger partial charge in [-0.2, -0.15) is 0 Å². The van der Waals surface area contributed by atoms with Gasteiger partial charge in [0.2, 0.25) is 0 Å². The highest BCUT2D eigenvalue weighted by atomic mass is 16.1. The molecular formula is C15H28O. The lowest BCUT2D eigenvalue weighted by molar-refractivity contribution is -0.128. The van der Waals surface area contributed by atoms with Crippen LogP contribution in [0.5, 0.6) is 0 Å². The second kappa shape index (κ2) is 7.09. The largest absolute Gasteiger partial charge is 0.299 e. The van der Waals surface area contributed by atoms with Crippen molar-refractivity contribution in [3.8, 4) is 0 Å². The first-order chi connectivity index (χ1) is 7.69. The summed E-state index contributed by atoms with van der Waals surface area (Å²) < 4.78 is 0. The van der Waals surface area contributed by atoms with Crippen LogP contribution in [0.1, 0.15) is 72.1 Å². The minimum absolute atomic E-state index is 0.369. The molecule has 94 valence electrons. The number of hydrogen-bond donors (Lipinski definition) is 0. The third kappa shape index (κ3) is 3.92. The first kappa shape index (κ1) is 13.7. The van der Waals surface area contributed by atoms with E-state index in [1.54, 1.807) is 0 Å². The standard InChI is InChI=1S/C15H28O/c1-4-6-13(7-5-2)15(16)14-10-8-12(3)9-11-14/h12-14H,4-11H2,1-3H3. The first-order valence-corrected chi connectivity index (χ1v) is 7.22. The summed E-state index contributed by atoms with van der Waals surface area (Å²) in [6.07, 6.45) is 9.37. The highest BCUT2D eigenvalue weighted by Crippen LogP contribution is 2.32. The molecule has 0 heterocycles. The summed E-state index contributed by atoms with van der Waals surface area (Å²) in [5.41, 5.74) is 0. The van der Waals surface area contributed by atoms with Gasteiger partial charge in [0.15, 0.2) is 0 Å². The summed E-state index contributed by atoms with van der Waals surface area (Å²) in [6, 6.07) is 0. The molecule has 0 aromatic heterocycles. The minimum Gasteiger partial charge on any atom is -0.299 e. The number of Topliss-reactive ketones (excluding diaryl/α,β-unsaturated/α-hetero) is 1. The van der Waals surface area contributed by atoms with Gasteiger partial charge in [-0.3, -0.25) is 4.79 Å². The van der Waals surface area contributed by atoms with Gasteiger partial charge in [-0.15, -0.1) is 0 Å². The molecule has 0 N–H and O–H groups in total. The van der Waals surface area contributed by atoms with Crippen LogP contribution < -0.4 is 0 Å². The molecule has 0 bridgehead atoms. The number of carbonyl (C=O) groups excluding carboxylic acids is 1. The third-order valence-electron chi connectivity index (χ3n) is 4.09. The SMILES string of the molecule is CCCC(CCC)C(=O)C1CCC(C)CC1. The fraction of sp³-hybridized carbons (Fsp3) is 0.933. The Morgan fingerprint density at radius 3 is 2.00 bits per heavy atom. The van der Waals surface area contributed by atoms with Crippen LogP contribution in [0.25, 0.3) is 0 Å². The lowest BCUT2D eigenvalue weighted by Gasteiger charge is -2.28. The summed E-state index contributed by atoms with van der Waals surface area (Å²) in [5, 5.41) is 0. The van der Waals surface area contributed by atoms with Gasteiger partial charge < -0.3 is 0 Å². The Labute approximate surface area is 101 Å². The highest BCUT2D eigenvalue weighted by molar-refractivity contribution is 5.83. The molecule has 0 saturated heterocycles. The Kier molecular flexibility index (Phi) is 6.08. The van der Waals surface area contributed by atoms with Crippen molar-refractivity contribution in [2.75, 3.05) is 0 Å². The van der Waals surface area contributed by atoms with E-state index in [4.69, 9.17) is 0 Å². The molecule has 0 atom stereocenters. The van der Waals surface area contributed by atoms with Crippen molar-refractivity contribution >= 4 is 5.78 Å². The van der Waals surface area contributed by atoms with Crippen LogP contribution in [-0.4, -0.2) is 5.78 Å². The third-order valence-corrected chi connectivity index (χ3v) is 4.09. The van der Waals surface area contributed by atoms with Crippen molar-refractivity contribution in [1.82, 2.24) is 0 Å². The Hall–Kier alpha value is -0.330. The summed E-state index contributed by atoms with van der Waals surface area (Å²) in [7, 11) is 0. The Morgan fingerprint density at radius 1 is 1.06 bits per heavy atom. The maximum atomic E-state index is 12.4. The topological polar surface area (TPSA) is 17.1 Å². The van der Waals surface area contributed by atoms with Crippen molar-refractivity contribution in [3.63, 3.8) is 0 Å². The molecule has 0 radical (unpaired) electrons. The van der Waals surface area contributed by atoms with E-state index >= 15 is 0 Å². The van der Waals surface area contributed by atoms with Crippen LogP contribution >= 0.6 is 0 Å². The smallest absolute Gasteiger partial charge is 0.139 e. The second-order valence-electron chi connectivity index (χ2n) is 5.63. The molecule has 0 unspecified atom stereocenters. The molecule has 0 aromatic carbocycles. The molecule has 0 aromatic rings. The van der Waals surface area contributed by atoms with Crippen molar-refractivity contribution < 1.29 is 4.79 Å². The number of ketones is 1. The van der Waals surface area contributed by atoms with Crippen LogP contribution in [0.15, 0.2) is 0 Å². The van der Waals surface area contributed by atoms with Crippen LogP contribution in [0.4, 0.5) is 0 Å². The minimum atomic E-state index is 0.369. The van der Waals surface area contributed by atoms with Crippen LogP contribution in [0, 0.1) is 17.8 Å². The van der Waals surface area contributed by atoms with Crippen molar-refractivity contribution in [2.45, 2.75) is 72.1 Å². The quantitative estimate of drug-likeness (QED) is 0.644. The van der Waals surface area contributed by atoms with E-state index < -0.39 is 0 Å². The normalized spacial score (nSPS) is 26.0. The Bertz CT molecular complexity index is 195. The fourth-order valence-corrected chi connectivity index (χ4v) is 3.00. The highest BCUT2D eigenvalue weighted by Gasteiger charge is 2.28. The summed E-state index contributed by atoms with van der Waals surface area (Å²) in [5.74, 6) is 2.21. The van der Waals surface area contributed by atoms with Gasteiger partial charge in [-0.05, 0) is 31.6 Å². The number of rotatable bonds is 6. The van der Waals surface area contributed by atoms with E-state index in [1.165, 1.54) is 12.8 Å². The van der Waals surface area contributed by atoms with Crippen molar-refractivity contribution in [2.24, 2.45) is 17.8 Å². The van der Waals surface area contributed by atoms with E-state index in [1.807, 2.05) is 0 Å². The predicted molar refractivity (Wildman–Crippen MR) is 69.4 cm³/mol.